The summed E-state index contributed by atoms with van der Waals surface area (Å²) >= 11 is 0. The lowest BCUT2D eigenvalue weighted by atomic mass is 10.2. The van der Waals surface area contributed by atoms with Crippen LogP contribution in [-0.4, -0.2) is 29.3 Å². The number of imidazole rings is 1. The van der Waals surface area contributed by atoms with Gasteiger partial charge in [-0.2, -0.15) is 0 Å². The summed E-state index contributed by atoms with van der Waals surface area (Å²) in [5, 5.41) is 2.81. The highest BCUT2D eigenvalue weighted by molar-refractivity contribution is 5.93. The Bertz CT molecular complexity index is 1020. The molecule has 2 aromatic carbocycles. The fourth-order valence-electron chi connectivity index (χ4n) is 3.10. The highest BCUT2D eigenvalue weighted by atomic mass is 16.5. The van der Waals surface area contributed by atoms with Crippen molar-refractivity contribution in [2.75, 3.05) is 19.5 Å². The van der Waals surface area contributed by atoms with Crippen LogP contribution in [0.15, 0.2) is 47.3 Å². The first-order valence-corrected chi connectivity index (χ1v) is 8.79. The zero-order valence-electron chi connectivity index (χ0n) is 15.7. The number of hydrogen-bond acceptors (Lipinski definition) is 4. The number of nitrogens with one attached hydrogen (secondary N) is 1. The molecule has 3 rings (SSSR count). The van der Waals surface area contributed by atoms with Crippen molar-refractivity contribution in [1.29, 1.82) is 0 Å². The van der Waals surface area contributed by atoms with Crippen LogP contribution in [0.2, 0.25) is 0 Å². The second-order valence-electron chi connectivity index (χ2n) is 6.12. The number of benzene rings is 2. The lowest BCUT2D eigenvalue weighted by molar-refractivity contribution is -0.116. The molecule has 7 nitrogen and oxygen atoms in total. The molecular formula is C20H23N3O4. The highest BCUT2D eigenvalue weighted by Crippen LogP contribution is 2.29. The van der Waals surface area contributed by atoms with Crippen molar-refractivity contribution in [3.8, 4) is 11.5 Å². The van der Waals surface area contributed by atoms with Crippen molar-refractivity contribution in [3.63, 3.8) is 0 Å². The Morgan fingerprint density at radius 3 is 2.37 bits per heavy atom. The third-order valence-electron chi connectivity index (χ3n) is 4.36. The van der Waals surface area contributed by atoms with Crippen LogP contribution in [0.1, 0.15) is 13.3 Å². The molecule has 0 saturated carbocycles. The van der Waals surface area contributed by atoms with Crippen LogP contribution in [0.25, 0.3) is 11.0 Å². The van der Waals surface area contributed by atoms with E-state index in [9.17, 15) is 9.59 Å². The molecule has 7 heteroatoms. The van der Waals surface area contributed by atoms with Crippen LogP contribution >= 0.6 is 0 Å². The SMILES string of the molecule is CCCn1c(=O)n(CC(=O)Nc2ccc(OC)cc2OC)c2ccccc21. The number of rotatable bonds is 7. The number of hydrogen-bond donors (Lipinski definition) is 1. The molecule has 1 N–H and O–H groups in total. The number of ether oxygens (including phenoxy) is 2. The Morgan fingerprint density at radius 1 is 1.04 bits per heavy atom. The lowest BCUT2D eigenvalue weighted by Gasteiger charge is -2.12. The molecule has 0 unspecified atom stereocenters. The van der Waals surface area contributed by atoms with Crippen LogP contribution < -0.4 is 20.5 Å². The van der Waals surface area contributed by atoms with Crippen LogP contribution in [-0.2, 0) is 17.9 Å². The van der Waals surface area contributed by atoms with E-state index in [0.29, 0.717) is 23.7 Å². The van der Waals surface area contributed by atoms with Gasteiger partial charge in [-0.1, -0.05) is 19.1 Å². The summed E-state index contributed by atoms with van der Waals surface area (Å²) in [5.41, 5.74) is 1.91. The van der Waals surface area contributed by atoms with Crippen LogP contribution in [0.3, 0.4) is 0 Å². The maximum atomic E-state index is 12.8. The van der Waals surface area contributed by atoms with Gasteiger partial charge in [-0.3, -0.25) is 13.9 Å². The Hall–Kier alpha value is -3.22. The van der Waals surface area contributed by atoms with Crippen molar-refractivity contribution in [3.05, 3.63) is 52.9 Å². The fourth-order valence-corrected chi connectivity index (χ4v) is 3.10. The number of nitrogens with zero attached hydrogens (tertiary/aromatic N) is 2. The first-order valence-electron chi connectivity index (χ1n) is 8.79. The van der Waals surface area contributed by atoms with E-state index in [1.54, 1.807) is 29.9 Å². The molecule has 1 aromatic heterocycles. The maximum absolute atomic E-state index is 12.8. The number of para-hydroxylation sites is 2. The van der Waals surface area contributed by atoms with Gasteiger partial charge in [0.05, 0.1) is 30.9 Å². The zero-order chi connectivity index (χ0) is 19.4. The van der Waals surface area contributed by atoms with E-state index in [2.05, 4.69) is 5.32 Å². The molecule has 3 aromatic rings. The van der Waals surface area contributed by atoms with Gasteiger partial charge in [-0.15, -0.1) is 0 Å². The van der Waals surface area contributed by atoms with E-state index in [0.717, 1.165) is 17.5 Å². The molecule has 1 amide bonds. The fraction of sp³-hybridized carbons (Fsp3) is 0.300. The van der Waals surface area contributed by atoms with Crippen molar-refractivity contribution >= 4 is 22.6 Å². The van der Waals surface area contributed by atoms with Gasteiger partial charge in [-0.25, -0.2) is 4.79 Å². The van der Waals surface area contributed by atoms with Gasteiger partial charge in [0.25, 0.3) is 0 Å². The molecule has 0 aliphatic carbocycles. The number of fused-ring (bicyclic) bond motifs is 1. The van der Waals surface area contributed by atoms with Crippen molar-refractivity contribution < 1.29 is 14.3 Å². The standard InChI is InChI=1S/C20H23N3O4/c1-4-11-22-16-7-5-6-8-17(16)23(20(22)25)13-19(24)21-15-10-9-14(26-2)12-18(15)27-3/h5-10,12H,4,11,13H2,1-3H3,(H,21,24). The average Bonchev–Trinajstić information content (AvgIpc) is 2.94. The molecule has 0 bridgehead atoms. The third kappa shape index (κ3) is 3.67. The number of anilines is 1. The monoisotopic (exact) mass is 369 g/mol. The average molecular weight is 369 g/mol. The lowest BCUT2D eigenvalue weighted by Crippen LogP contribution is -2.29. The number of carbonyl (C=O) groups is 1. The van der Waals surface area contributed by atoms with Crippen LogP contribution in [0, 0.1) is 0 Å². The predicted molar refractivity (Wildman–Crippen MR) is 105 cm³/mol. The van der Waals surface area contributed by atoms with Gasteiger partial charge < -0.3 is 14.8 Å². The van der Waals surface area contributed by atoms with Crippen molar-refractivity contribution in [2.24, 2.45) is 0 Å². The van der Waals surface area contributed by atoms with E-state index in [1.165, 1.54) is 11.7 Å². The molecule has 0 saturated heterocycles. The van der Waals surface area contributed by atoms with Gasteiger partial charge in [0, 0.05) is 12.6 Å². The quantitative estimate of drug-likeness (QED) is 0.695. The first kappa shape index (κ1) is 18.6. The number of carbonyl (C=O) groups excluding carboxylic acids is 1. The summed E-state index contributed by atoms with van der Waals surface area (Å²) < 4.78 is 13.7. The second kappa shape index (κ2) is 7.99. The van der Waals surface area contributed by atoms with Gasteiger partial charge >= 0.3 is 5.69 Å². The van der Waals surface area contributed by atoms with E-state index < -0.39 is 0 Å². The summed E-state index contributed by atoms with van der Waals surface area (Å²) in [4.78, 5) is 25.4. The summed E-state index contributed by atoms with van der Waals surface area (Å²) in [6, 6.07) is 12.6. The topological polar surface area (TPSA) is 74.5 Å². The number of aryl methyl sites for hydroxylation is 1. The van der Waals surface area contributed by atoms with Crippen LogP contribution in [0.4, 0.5) is 5.69 Å². The first-order chi connectivity index (χ1) is 13.1. The molecule has 0 atom stereocenters. The Labute approximate surface area is 157 Å². The Kier molecular flexibility index (Phi) is 5.49. The van der Waals surface area contributed by atoms with Crippen molar-refractivity contribution in [2.45, 2.75) is 26.4 Å². The molecule has 0 fully saturated rings. The number of aromatic nitrogens is 2. The summed E-state index contributed by atoms with van der Waals surface area (Å²) in [6.45, 7) is 2.55. The third-order valence-corrected chi connectivity index (χ3v) is 4.36. The Balaban J connectivity index is 1.89. The summed E-state index contributed by atoms with van der Waals surface area (Å²) in [5.74, 6) is 0.812. The molecular weight excluding hydrogens is 346 g/mol. The summed E-state index contributed by atoms with van der Waals surface area (Å²) in [7, 11) is 3.08. The second-order valence-corrected chi connectivity index (χ2v) is 6.12. The van der Waals surface area contributed by atoms with E-state index in [1.807, 2.05) is 31.2 Å². The van der Waals surface area contributed by atoms with Gasteiger partial charge in [0.2, 0.25) is 5.91 Å². The molecule has 0 aliphatic rings. The minimum atomic E-state index is -0.306. The van der Waals surface area contributed by atoms with Crippen LogP contribution in [0.5, 0.6) is 11.5 Å². The molecule has 0 spiro atoms. The van der Waals surface area contributed by atoms with Crippen molar-refractivity contribution in [1.82, 2.24) is 9.13 Å². The normalized spacial score (nSPS) is 10.8. The molecule has 1 heterocycles. The molecule has 27 heavy (non-hydrogen) atoms. The number of amides is 1. The van der Waals surface area contributed by atoms with Gasteiger partial charge in [0.15, 0.2) is 0 Å². The number of methoxy groups -OCH3 is 2. The minimum absolute atomic E-state index is 0.0781. The minimum Gasteiger partial charge on any atom is -0.497 e. The van der Waals surface area contributed by atoms with E-state index >= 15 is 0 Å². The smallest absolute Gasteiger partial charge is 0.329 e. The largest absolute Gasteiger partial charge is 0.497 e. The maximum Gasteiger partial charge on any atom is 0.329 e. The highest BCUT2D eigenvalue weighted by Gasteiger charge is 2.16. The molecule has 0 aliphatic heterocycles. The summed E-state index contributed by atoms with van der Waals surface area (Å²) in [6.07, 6.45) is 0.836. The molecule has 142 valence electrons. The Morgan fingerprint density at radius 2 is 1.74 bits per heavy atom. The van der Waals surface area contributed by atoms with Gasteiger partial charge in [0.1, 0.15) is 18.0 Å². The van der Waals surface area contributed by atoms with E-state index in [-0.39, 0.29) is 18.1 Å². The molecule has 0 radical (unpaired) electrons. The predicted octanol–water partition coefficient (Wildman–Crippen LogP) is 2.87. The zero-order valence-corrected chi connectivity index (χ0v) is 15.7. The van der Waals surface area contributed by atoms with E-state index in [4.69, 9.17) is 9.47 Å². The van der Waals surface area contributed by atoms with Gasteiger partial charge in [-0.05, 0) is 30.7 Å².